The molecule has 0 atom stereocenters. The first kappa shape index (κ1) is 17.7. The second kappa shape index (κ2) is 8.18. The molecule has 7 nitrogen and oxygen atoms in total. The van der Waals surface area contributed by atoms with Crippen molar-refractivity contribution in [2.45, 2.75) is 6.92 Å². The second-order valence-electron chi connectivity index (χ2n) is 4.28. The van der Waals surface area contributed by atoms with Crippen LogP contribution in [0, 0.1) is 0 Å². The zero-order chi connectivity index (χ0) is 17.4. The smallest absolute Gasteiger partial charge is 0.339 e. The van der Waals surface area contributed by atoms with E-state index in [0.717, 1.165) is 0 Å². The number of benzene rings is 2. The summed E-state index contributed by atoms with van der Waals surface area (Å²) in [4.78, 5) is 31.7. The summed E-state index contributed by atoms with van der Waals surface area (Å²) < 4.78 is 4.69. The Bertz CT molecular complexity index is 726. The van der Waals surface area contributed by atoms with Crippen LogP contribution in [0.25, 0.3) is 0 Å². The van der Waals surface area contributed by atoms with Gasteiger partial charge in [-0.3, -0.25) is 9.59 Å². The van der Waals surface area contributed by atoms with Gasteiger partial charge in [0.15, 0.2) is 0 Å². The normalized spacial score (nSPS) is 9.26. The van der Waals surface area contributed by atoms with Crippen molar-refractivity contribution < 1.29 is 29.3 Å². The van der Waals surface area contributed by atoms with E-state index in [4.69, 9.17) is 15.9 Å². The molecule has 0 radical (unpaired) electrons. The Kier molecular flexibility index (Phi) is 6.30. The van der Waals surface area contributed by atoms with Gasteiger partial charge in [0.05, 0.1) is 5.56 Å². The Morgan fingerprint density at radius 2 is 1.48 bits per heavy atom. The van der Waals surface area contributed by atoms with Gasteiger partial charge in [-0.15, -0.1) is 0 Å². The fourth-order valence-corrected chi connectivity index (χ4v) is 1.57. The predicted octanol–water partition coefficient (Wildman–Crippen LogP) is 1.80. The lowest BCUT2D eigenvalue weighted by Crippen LogP contribution is -2.10. The first-order valence-electron chi connectivity index (χ1n) is 6.41. The molecule has 2 aromatic carbocycles. The number of carbonyl (C=O) groups excluding carboxylic acids is 2. The van der Waals surface area contributed by atoms with Crippen LogP contribution in [0.2, 0.25) is 0 Å². The zero-order valence-electron chi connectivity index (χ0n) is 12.2. The van der Waals surface area contributed by atoms with Crippen LogP contribution >= 0.6 is 0 Å². The number of aromatic carboxylic acids is 1. The van der Waals surface area contributed by atoms with Crippen molar-refractivity contribution in [1.29, 1.82) is 0 Å². The Labute approximate surface area is 131 Å². The highest BCUT2D eigenvalue weighted by molar-refractivity contribution is 5.95. The van der Waals surface area contributed by atoms with E-state index in [1.165, 1.54) is 31.2 Å². The lowest BCUT2D eigenvalue weighted by molar-refractivity contribution is -0.131. The van der Waals surface area contributed by atoms with Gasteiger partial charge in [0.2, 0.25) is 0 Å². The minimum Gasteiger partial charge on any atom is -0.507 e. The number of nitrogens with two attached hydrogens (primary N) is 1. The van der Waals surface area contributed by atoms with E-state index in [1.54, 1.807) is 24.3 Å². The fraction of sp³-hybridized carbons (Fsp3) is 0.0625. The number of carboxylic acids is 1. The molecule has 0 aliphatic rings. The van der Waals surface area contributed by atoms with E-state index in [-0.39, 0.29) is 22.6 Å². The van der Waals surface area contributed by atoms with Crippen molar-refractivity contribution in [1.82, 2.24) is 0 Å². The number of para-hydroxylation sites is 2. The minimum atomic E-state index is -1.11. The van der Waals surface area contributed by atoms with Crippen molar-refractivity contribution in [3.8, 4) is 11.5 Å². The Morgan fingerprint density at radius 3 is 1.91 bits per heavy atom. The lowest BCUT2D eigenvalue weighted by Gasteiger charge is -2.03. The molecular weight excluding hydrogens is 302 g/mol. The molecule has 0 bridgehead atoms. The molecule has 0 aliphatic heterocycles. The van der Waals surface area contributed by atoms with Crippen molar-refractivity contribution in [2.24, 2.45) is 5.73 Å². The molecule has 0 fully saturated rings. The van der Waals surface area contributed by atoms with Gasteiger partial charge < -0.3 is 20.7 Å². The van der Waals surface area contributed by atoms with Crippen LogP contribution < -0.4 is 10.5 Å². The molecule has 2 aromatic rings. The summed E-state index contributed by atoms with van der Waals surface area (Å²) in [5.74, 6) is -2.26. The largest absolute Gasteiger partial charge is 0.507 e. The van der Waals surface area contributed by atoms with Crippen LogP contribution in [0.4, 0.5) is 0 Å². The number of hydrogen-bond donors (Lipinski definition) is 3. The number of carboxylic acid groups (broad SMARTS) is 1. The van der Waals surface area contributed by atoms with Gasteiger partial charge in [0.1, 0.15) is 17.1 Å². The van der Waals surface area contributed by atoms with Gasteiger partial charge in [0, 0.05) is 6.92 Å². The van der Waals surface area contributed by atoms with Crippen molar-refractivity contribution in [2.75, 3.05) is 0 Å². The number of carbonyl (C=O) groups is 3. The molecule has 0 spiro atoms. The number of hydrogen-bond acceptors (Lipinski definition) is 5. The molecule has 0 saturated heterocycles. The summed E-state index contributed by atoms with van der Waals surface area (Å²) in [6.45, 7) is 1.22. The highest BCUT2D eigenvalue weighted by Crippen LogP contribution is 2.17. The lowest BCUT2D eigenvalue weighted by atomic mass is 10.2. The first-order chi connectivity index (χ1) is 10.8. The van der Waals surface area contributed by atoms with E-state index in [2.05, 4.69) is 4.74 Å². The first-order valence-corrected chi connectivity index (χ1v) is 6.41. The third-order valence-corrected chi connectivity index (χ3v) is 2.54. The maximum absolute atomic E-state index is 10.6. The van der Waals surface area contributed by atoms with Crippen molar-refractivity contribution in [3.05, 3.63) is 59.7 Å². The Morgan fingerprint density at radius 1 is 0.957 bits per heavy atom. The molecule has 2 rings (SSSR count). The number of primary amides is 1. The van der Waals surface area contributed by atoms with Gasteiger partial charge in [0.25, 0.3) is 5.91 Å². The average molecular weight is 317 g/mol. The summed E-state index contributed by atoms with van der Waals surface area (Å²) in [7, 11) is 0. The van der Waals surface area contributed by atoms with Gasteiger partial charge in [-0.2, -0.15) is 0 Å². The summed E-state index contributed by atoms with van der Waals surface area (Å²) in [5.41, 5.74) is 5.05. The second-order valence-corrected chi connectivity index (χ2v) is 4.28. The van der Waals surface area contributed by atoms with E-state index >= 15 is 0 Å². The van der Waals surface area contributed by atoms with Crippen LogP contribution in [0.3, 0.4) is 0 Å². The van der Waals surface area contributed by atoms with Gasteiger partial charge in [-0.05, 0) is 24.3 Å². The van der Waals surface area contributed by atoms with Gasteiger partial charge in [-0.1, -0.05) is 24.3 Å². The molecule has 0 unspecified atom stereocenters. The van der Waals surface area contributed by atoms with E-state index < -0.39 is 17.8 Å². The summed E-state index contributed by atoms with van der Waals surface area (Å²) in [6.07, 6.45) is 0. The summed E-state index contributed by atoms with van der Waals surface area (Å²) >= 11 is 0. The van der Waals surface area contributed by atoms with Crippen LogP contribution in [0.1, 0.15) is 27.6 Å². The SMILES string of the molecule is CC(=O)Oc1ccccc1C(=O)O.NC(=O)c1ccccc1O. The zero-order valence-corrected chi connectivity index (χ0v) is 12.2. The van der Waals surface area contributed by atoms with Gasteiger partial charge >= 0.3 is 11.9 Å². The van der Waals surface area contributed by atoms with Gasteiger partial charge in [-0.25, -0.2) is 4.79 Å². The highest BCUT2D eigenvalue weighted by Gasteiger charge is 2.11. The fourth-order valence-electron chi connectivity index (χ4n) is 1.57. The van der Waals surface area contributed by atoms with Crippen LogP contribution in [-0.4, -0.2) is 28.1 Å². The Balaban J connectivity index is 0.000000238. The summed E-state index contributed by atoms with van der Waals surface area (Å²) in [6, 6.07) is 12.1. The number of aromatic hydroxyl groups is 1. The third kappa shape index (κ3) is 5.50. The van der Waals surface area contributed by atoms with E-state index in [9.17, 15) is 14.4 Å². The number of amides is 1. The number of ether oxygens (including phenoxy) is 1. The van der Waals surface area contributed by atoms with E-state index in [1.807, 2.05) is 0 Å². The topological polar surface area (TPSA) is 127 Å². The molecule has 0 aromatic heterocycles. The number of phenols is 1. The number of esters is 1. The van der Waals surface area contributed by atoms with E-state index in [0.29, 0.717) is 0 Å². The maximum Gasteiger partial charge on any atom is 0.339 e. The molecule has 1 amide bonds. The maximum atomic E-state index is 10.6. The van der Waals surface area contributed by atoms with Crippen molar-refractivity contribution in [3.63, 3.8) is 0 Å². The highest BCUT2D eigenvalue weighted by atomic mass is 16.5. The molecular formula is C16H15NO6. The standard InChI is InChI=1S/C9H8O4.C7H7NO2/c1-6(10)13-8-5-3-2-4-7(8)9(11)12;8-7(10)5-3-1-2-4-6(5)9/h2-5H,1H3,(H,11,12);1-4,9H,(H2,8,10). The van der Waals surface area contributed by atoms with Crippen LogP contribution in [0.15, 0.2) is 48.5 Å². The monoisotopic (exact) mass is 317 g/mol. The predicted molar refractivity (Wildman–Crippen MR) is 81.3 cm³/mol. The molecule has 4 N–H and O–H groups in total. The molecule has 0 heterocycles. The molecule has 120 valence electrons. The summed E-state index contributed by atoms with van der Waals surface area (Å²) in [5, 5.41) is 17.7. The van der Waals surface area contributed by atoms with Crippen LogP contribution in [0.5, 0.6) is 11.5 Å². The molecule has 23 heavy (non-hydrogen) atoms. The third-order valence-electron chi connectivity index (χ3n) is 2.54. The van der Waals surface area contributed by atoms with Crippen molar-refractivity contribution >= 4 is 17.8 Å². The molecule has 7 heteroatoms. The minimum absolute atomic E-state index is 0.0160. The molecule has 0 saturated carbocycles. The average Bonchev–Trinajstić information content (AvgIpc) is 2.47. The molecule has 0 aliphatic carbocycles. The van der Waals surface area contributed by atoms with Crippen LogP contribution in [-0.2, 0) is 4.79 Å². The number of rotatable bonds is 3. The quantitative estimate of drug-likeness (QED) is 0.585. The Hall–Kier alpha value is -3.35.